The molecule has 164 valence electrons. The highest BCUT2D eigenvalue weighted by atomic mass is 35.5. The first-order valence-electron chi connectivity index (χ1n) is 9.94. The Hall–Kier alpha value is -2.22. The molecule has 31 heavy (non-hydrogen) atoms. The molecule has 1 aromatic heterocycles. The normalized spacial score (nSPS) is 11.0. The Labute approximate surface area is 196 Å². The standard InChI is InChI=1S/C22H24Cl2N4O2S/c1-4-15(5-2)25-20(29)13-31-22-27-26-21(14-6-9-17(30-3)10-7-14)28(22)16-8-11-18(23)19(24)12-16/h6-12,15H,4-5,13H2,1-3H3,(H,25,29). The van der Waals surface area contributed by atoms with E-state index in [9.17, 15) is 4.79 Å². The first-order chi connectivity index (χ1) is 15.0. The molecule has 0 aliphatic carbocycles. The highest BCUT2D eigenvalue weighted by Crippen LogP contribution is 2.32. The van der Waals surface area contributed by atoms with Crippen LogP contribution >= 0.6 is 35.0 Å². The third-order valence-corrected chi connectivity index (χ3v) is 6.49. The van der Waals surface area contributed by atoms with E-state index in [0.717, 1.165) is 29.8 Å². The lowest BCUT2D eigenvalue weighted by molar-refractivity contribution is -0.119. The van der Waals surface area contributed by atoms with E-state index in [1.54, 1.807) is 19.2 Å². The Kier molecular flexibility index (Phi) is 8.23. The van der Waals surface area contributed by atoms with Gasteiger partial charge in [-0.15, -0.1) is 10.2 Å². The maximum absolute atomic E-state index is 12.4. The maximum atomic E-state index is 12.4. The van der Waals surface area contributed by atoms with Crippen molar-refractivity contribution in [3.8, 4) is 22.8 Å². The second-order valence-corrected chi connectivity index (χ2v) is 8.60. The van der Waals surface area contributed by atoms with Crippen LogP contribution in [0, 0.1) is 0 Å². The molecule has 0 aliphatic heterocycles. The molecule has 9 heteroatoms. The Bertz CT molecular complexity index is 1040. The molecule has 2 aromatic carbocycles. The number of thioether (sulfide) groups is 1. The zero-order chi connectivity index (χ0) is 22.4. The molecule has 0 radical (unpaired) electrons. The zero-order valence-electron chi connectivity index (χ0n) is 17.6. The van der Waals surface area contributed by atoms with Crippen LogP contribution in [0.1, 0.15) is 26.7 Å². The smallest absolute Gasteiger partial charge is 0.230 e. The van der Waals surface area contributed by atoms with Crippen LogP contribution < -0.4 is 10.1 Å². The van der Waals surface area contributed by atoms with Gasteiger partial charge in [0, 0.05) is 11.6 Å². The molecule has 1 amide bonds. The molecule has 0 unspecified atom stereocenters. The average molecular weight is 479 g/mol. The highest BCUT2D eigenvalue weighted by Gasteiger charge is 2.19. The second kappa shape index (κ2) is 10.9. The molecular formula is C22H24Cl2N4O2S. The van der Waals surface area contributed by atoms with Crippen molar-refractivity contribution in [2.45, 2.75) is 37.9 Å². The van der Waals surface area contributed by atoms with Gasteiger partial charge < -0.3 is 10.1 Å². The summed E-state index contributed by atoms with van der Waals surface area (Å²) in [7, 11) is 1.62. The fourth-order valence-electron chi connectivity index (χ4n) is 3.04. The van der Waals surface area contributed by atoms with E-state index in [2.05, 4.69) is 29.4 Å². The van der Waals surface area contributed by atoms with Gasteiger partial charge in [-0.1, -0.05) is 48.8 Å². The van der Waals surface area contributed by atoms with Gasteiger partial charge in [-0.3, -0.25) is 9.36 Å². The predicted octanol–water partition coefficient (Wildman–Crippen LogP) is 5.65. The van der Waals surface area contributed by atoms with Crippen molar-refractivity contribution in [1.82, 2.24) is 20.1 Å². The molecule has 0 fully saturated rings. The van der Waals surface area contributed by atoms with Gasteiger partial charge in [0.15, 0.2) is 11.0 Å². The van der Waals surface area contributed by atoms with Crippen LogP contribution in [0.25, 0.3) is 17.1 Å². The van der Waals surface area contributed by atoms with E-state index in [4.69, 9.17) is 27.9 Å². The van der Waals surface area contributed by atoms with Crippen LogP contribution in [0.15, 0.2) is 47.6 Å². The van der Waals surface area contributed by atoms with E-state index >= 15 is 0 Å². The van der Waals surface area contributed by atoms with Crippen LogP contribution in [0.4, 0.5) is 0 Å². The molecule has 6 nitrogen and oxygen atoms in total. The highest BCUT2D eigenvalue weighted by molar-refractivity contribution is 7.99. The number of rotatable bonds is 9. The third-order valence-electron chi connectivity index (χ3n) is 4.83. The van der Waals surface area contributed by atoms with Crippen molar-refractivity contribution in [2.24, 2.45) is 0 Å². The van der Waals surface area contributed by atoms with Crippen LogP contribution in [0.2, 0.25) is 10.0 Å². The van der Waals surface area contributed by atoms with Gasteiger partial charge in [-0.05, 0) is 55.3 Å². The van der Waals surface area contributed by atoms with Crippen molar-refractivity contribution in [2.75, 3.05) is 12.9 Å². The van der Waals surface area contributed by atoms with Gasteiger partial charge >= 0.3 is 0 Å². The Balaban J connectivity index is 1.94. The largest absolute Gasteiger partial charge is 0.497 e. The van der Waals surface area contributed by atoms with Crippen molar-refractivity contribution in [3.05, 3.63) is 52.5 Å². The van der Waals surface area contributed by atoms with Gasteiger partial charge in [0.05, 0.1) is 28.6 Å². The Morgan fingerprint density at radius 3 is 2.42 bits per heavy atom. The summed E-state index contributed by atoms with van der Waals surface area (Å²) in [5.41, 5.74) is 1.61. The Morgan fingerprint density at radius 2 is 1.81 bits per heavy atom. The lowest BCUT2D eigenvalue weighted by Gasteiger charge is -2.15. The minimum atomic E-state index is -0.0339. The minimum Gasteiger partial charge on any atom is -0.497 e. The topological polar surface area (TPSA) is 69.0 Å². The third kappa shape index (κ3) is 5.73. The number of aromatic nitrogens is 3. The summed E-state index contributed by atoms with van der Waals surface area (Å²) in [4.78, 5) is 12.4. The number of hydrogen-bond donors (Lipinski definition) is 1. The second-order valence-electron chi connectivity index (χ2n) is 6.84. The van der Waals surface area contributed by atoms with Crippen molar-refractivity contribution in [3.63, 3.8) is 0 Å². The summed E-state index contributed by atoms with van der Waals surface area (Å²) < 4.78 is 7.12. The summed E-state index contributed by atoms with van der Waals surface area (Å²) >= 11 is 13.7. The summed E-state index contributed by atoms with van der Waals surface area (Å²) in [6.07, 6.45) is 1.79. The van der Waals surface area contributed by atoms with E-state index in [1.807, 2.05) is 34.9 Å². The van der Waals surface area contributed by atoms with Crippen molar-refractivity contribution in [1.29, 1.82) is 0 Å². The summed E-state index contributed by atoms with van der Waals surface area (Å²) in [6.45, 7) is 4.12. The number of hydrogen-bond acceptors (Lipinski definition) is 5. The van der Waals surface area contributed by atoms with Crippen LogP contribution in [0.3, 0.4) is 0 Å². The van der Waals surface area contributed by atoms with Gasteiger partial charge in [0.2, 0.25) is 5.91 Å². The maximum Gasteiger partial charge on any atom is 0.230 e. The first kappa shape index (κ1) is 23.4. The molecule has 0 aliphatic rings. The van der Waals surface area contributed by atoms with Gasteiger partial charge in [-0.25, -0.2) is 0 Å². The fourth-order valence-corrected chi connectivity index (χ4v) is 4.09. The molecule has 0 saturated heterocycles. The number of benzene rings is 2. The average Bonchev–Trinajstić information content (AvgIpc) is 3.21. The zero-order valence-corrected chi connectivity index (χ0v) is 19.9. The van der Waals surface area contributed by atoms with Gasteiger partial charge in [0.1, 0.15) is 5.75 Å². The number of methoxy groups -OCH3 is 1. The Morgan fingerprint density at radius 1 is 1.10 bits per heavy atom. The van der Waals surface area contributed by atoms with Gasteiger partial charge in [0.25, 0.3) is 0 Å². The lowest BCUT2D eigenvalue weighted by Crippen LogP contribution is -2.35. The monoisotopic (exact) mass is 478 g/mol. The SMILES string of the molecule is CCC(CC)NC(=O)CSc1nnc(-c2ccc(OC)cc2)n1-c1ccc(Cl)c(Cl)c1. The number of nitrogens with one attached hydrogen (secondary N) is 1. The lowest BCUT2D eigenvalue weighted by atomic mass is 10.2. The quantitative estimate of drug-likeness (QED) is 0.402. The molecule has 1 heterocycles. The fraction of sp³-hybridized carbons (Fsp3) is 0.318. The molecule has 3 aromatic rings. The number of nitrogens with zero attached hydrogens (tertiary/aromatic N) is 3. The summed E-state index contributed by atoms with van der Waals surface area (Å²) in [5, 5.41) is 13.2. The molecule has 0 atom stereocenters. The first-order valence-corrected chi connectivity index (χ1v) is 11.7. The van der Waals surface area contributed by atoms with E-state index in [0.29, 0.717) is 21.0 Å². The number of amides is 1. The van der Waals surface area contributed by atoms with E-state index < -0.39 is 0 Å². The van der Waals surface area contributed by atoms with E-state index in [1.165, 1.54) is 11.8 Å². The molecule has 1 N–H and O–H groups in total. The van der Waals surface area contributed by atoms with Crippen molar-refractivity contribution >= 4 is 40.9 Å². The molecule has 0 bridgehead atoms. The summed E-state index contributed by atoms with van der Waals surface area (Å²) in [6, 6.07) is 13.0. The molecular weight excluding hydrogens is 455 g/mol. The molecule has 0 saturated carbocycles. The summed E-state index contributed by atoms with van der Waals surface area (Å²) in [5.74, 6) is 1.58. The number of carbonyl (C=O) groups excluding carboxylic acids is 1. The van der Waals surface area contributed by atoms with Crippen molar-refractivity contribution < 1.29 is 9.53 Å². The van der Waals surface area contributed by atoms with Crippen LogP contribution in [0.5, 0.6) is 5.75 Å². The van der Waals surface area contributed by atoms with Crippen LogP contribution in [-0.2, 0) is 4.79 Å². The molecule has 3 rings (SSSR count). The minimum absolute atomic E-state index is 0.0339. The van der Waals surface area contributed by atoms with Crippen LogP contribution in [-0.4, -0.2) is 39.6 Å². The predicted molar refractivity (Wildman–Crippen MR) is 127 cm³/mol. The number of carbonyl (C=O) groups is 1. The molecule has 0 spiro atoms. The number of ether oxygens (including phenoxy) is 1. The van der Waals surface area contributed by atoms with E-state index in [-0.39, 0.29) is 17.7 Å². The van der Waals surface area contributed by atoms with Gasteiger partial charge in [-0.2, -0.15) is 0 Å². The number of halogens is 2.